The molecule has 0 spiro atoms. The van der Waals surface area contributed by atoms with Crippen molar-refractivity contribution in [2.75, 3.05) is 5.75 Å². The Hall–Kier alpha value is -3.43. The molecular weight excluding hydrogens is 550 g/mol. The van der Waals surface area contributed by atoms with Crippen LogP contribution in [0.4, 0.5) is 0 Å². The predicted molar refractivity (Wildman–Crippen MR) is 152 cm³/mol. The Morgan fingerprint density at radius 1 is 1.08 bits per heavy atom. The van der Waals surface area contributed by atoms with Crippen LogP contribution >= 0.6 is 27.7 Å². The Morgan fingerprint density at radius 2 is 1.78 bits per heavy atom. The zero-order valence-corrected chi connectivity index (χ0v) is 23.5. The van der Waals surface area contributed by atoms with Crippen LogP contribution in [0.3, 0.4) is 0 Å². The third-order valence-electron chi connectivity index (χ3n) is 5.65. The highest BCUT2D eigenvalue weighted by Gasteiger charge is 2.19. The summed E-state index contributed by atoms with van der Waals surface area (Å²) in [5.41, 5.74) is 7.28. The van der Waals surface area contributed by atoms with Crippen LogP contribution in [0.15, 0.2) is 81.5 Å². The Balaban J connectivity index is 1.54. The van der Waals surface area contributed by atoms with E-state index in [0.717, 1.165) is 21.3 Å². The minimum atomic E-state index is -0.301. The first-order valence-corrected chi connectivity index (χ1v) is 13.5. The lowest BCUT2D eigenvalue weighted by atomic mass is 9.87. The lowest BCUT2D eigenvalue weighted by Crippen LogP contribution is -2.20. The van der Waals surface area contributed by atoms with Crippen LogP contribution in [-0.4, -0.2) is 37.7 Å². The van der Waals surface area contributed by atoms with Crippen LogP contribution in [0.2, 0.25) is 0 Å². The molecule has 4 rings (SSSR count). The molecule has 0 atom stereocenters. The van der Waals surface area contributed by atoms with Crippen LogP contribution in [-0.2, 0) is 10.2 Å². The number of halogens is 1. The maximum Gasteiger partial charge on any atom is 0.250 e. The van der Waals surface area contributed by atoms with Crippen LogP contribution in [0.5, 0.6) is 5.75 Å². The van der Waals surface area contributed by atoms with Crippen molar-refractivity contribution in [3.05, 3.63) is 87.9 Å². The highest BCUT2D eigenvalue weighted by atomic mass is 79.9. The van der Waals surface area contributed by atoms with Gasteiger partial charge >= 0.3 is 0 Å². The highest BCUT2D eigenvalue weighted by Crippen LogP contribution is 2.30. The molecule has 0 saturated carbocycles. The molecule has 0 radical (unpaired) electrons. The van der Waals surface area contributed by atoms with Gasteiger partial charge in [-0.25, -0.2) is 5.43 Å². The van der Waals surface area contributed by atoms with E-state index in [-0.39, 0.29) is 22.8 Å². The fourth-order valence-electron chi connectivity index (χ4n) is 3.56. The van der Waals surface area contributed by atoms with Crippen molar-refractivity contribution in [3.63, 3.8) is 0 Å². The van der Waals surface area contributed by atoms with Gasteiger partial charge in [0.05, 0.1) is 12.0 Å². The molecule has 0 aliphatic heterocycles. The maximum atomic E-state index is 12.5. The van der Waals surface area contributed by atoms with E-state index in [0.29, 0.717) is 16.5 Å². The number of aryl methyl sites for hydroxylation is 1. The summed E-state index contributed by atoms with van der Waals surface area (Å²) in [4.78, 5) is 12.5. The minimum Gasteiger partial charge on any atom is -0.507 e. The van der Waals surface area contributed by atoms with Gasteiger partial charge in [-0.1, -0.05) is 90.4 Å². The van der Waals surface area contributed by atoms with Crippen LogP contribution < -0.4 is 5.43 Å². The van der Waals surface area contributed by atoms with Gasteiger partial charge in [-0.2, -0.15) is 5.10 Å². The average molecular weight is 579 g/mol. The minimum absolute atomic E-state index is 0.0514. The van der Waals surface area contributed by atoms with Crippen molar-refractivity contribution >= 4 is 39.8 Å². The van der Waals surface area contributed by atoms with E-state index in [2.05, 4.69) is 81.7 Å². The van der Waals surface area contributed by atoms with Crippen LogP contribution in [0.25, 0.3) is 17.1 Å². The molecule has 4 aromatic rings. The standard InChI is InChI=1S/C28H28BrN5O2S/c1-18-5-12-23(13-6-18)34-26(19-7-9-21(10-8-19)28(2,3)4)32-33-27(34)37-17-25(36)31-30-16-20-15-22(29)11-14-24(20)35/h5-16,35H,17H2,1-4H3,(H,31,36)/b30-16-. The summed E-state index contributed by atoms with van der Waals surface area (Å²) >= 11 is 4.63. The molecule has 0 bridgehead atoms. The number of phenols is 1. The molecule has 2 N–H and O–H groups in total. The van der Waals surface area contributed by atoms with E-state index in [1.807, 2.05) is 35.8 Å². The summed E-state index contributed by atoms with van der Waals surface area (Å²) in [6.45, 7) is 8.59. The number of aromatic hydroxyl groups is 1. The SMILES string of the molecule is Cc1ccc(-n2c(SCC(=O)N/N=C\c3cc(Br)ccc3O)nnc2-c2ccc(C(C)(C)C)cc2)cc1. The number of rotatable bonds is 7. The molecular formula is C28H28BrN5O2S. The Bertz CT molecular complexity index is 1420. The van der Waals surface area contributed by atoms with E-state index >= 15 is 0 Å². The fraction of sp³-hybridized carbons (Fsp3) is 0.214. The molecule has 0 saturated heterocycles. The third-order valence-corrected chi connectivity index (χ3v) is 7.07. The maximum absolute atomic E-state index is 12.5. The number of carbonyl (C=O) groups excluding carboxylic acids is 1. The molecule has 190 valence electrons. The zero-order valence-electron chi connectivity index (χ0n) is 21.1. The van der Waals surface area contributed by atoms with E-state index in [1.54, 1.807) is 18.2 Å². The number of aromatic nitrogens is 3. The first kappa shape index (κ1) is 26.6. The molecule has 9 heteroatoms. The number of benzene rings is 3. The first-order valence-electron chi connectivity index (χ1n) is 11.7. The highest BCUT2D eigenvalue weighted by molar-refractivity contribution is 9.10. The first-order chi connectivity index (χ1) is 17.6. The van der Waals surface area contributed by atoms with E-state index in [1.165, 1.54) is 23.5 Å². The molecule has 1 aromatic heterocycles. The second-order valence-corrected chi connectivity index (χ2v) is 11.4. The number of phenolic OH excluding ortho intramolecular Hbond substituents is 1. The summed E-state index contributed by atoms with van der Waals surface area (Å²) in [5, 5.41) is 23.4. The van der Waals surface area contributed by atoms with Crippen molar-refractivity contribution in [3.8, 4) is 22.8 Å². The Morgan fingerprint density at radius 3 is 2.46 bits per heavy atom. The number of carbonyl (C=O) groups is 1. The summed E-state index contributed by atoms with van der Waals surface area (Å²) in [7, 11) is 0. The molecule has 0 unspecified atom stereocenters. The van der Waals surface area contributed by atoms with Crippen molar-refractivity contribution < 1.29 is 9.90 Å². The topological polar surface area (TPSA) is 92.4 Å². The Kier molecular flexibility index (Phi) is 8.14. The van der Waals surface area contributed by atoms with Gasteiger partial charge in [0.1, 0.15) is 5.75 Å². The number of thioether (sulfide) groups is 1. The van der Waals surface area contributed by atoms with Gasteiger partial charge in [-0.3, -0.25) is 9.36 Å². The van der Waals surface area contributed by atoms with Gasteiger partial charge in [-0.15, -0.1) is 10.2 Å². The number of amides is 1. The number of nitrogens with zero attached hydrogens (tertiary/aromatic N) is 4. The molecule has 0 fully saturated rings. The zero-order chi connectivity index (χ0) is 26.6. The molecule has 1 heterocycles. The van der Waals surface area contributed by atoms with E-state index < -0.39 is 0 Å². The van der Waals surface area contributed by atoms with Crippen LogP contribution in [0, 0.1) is 6.92 Å². The average Bonchev–Trinajstić information content (AvgIpc) is 3.29. The van der Waals surface area contributed by atoms with Gasteiger partial charge in [-0.05, 0) is 48.2 Å². The molecule has 37 heavy (non-hydrogen) atoms. The van der Waals surface area contributed by atoms with E-state index in [4.69, 9.17) is 0 Å². The normalized spacial score (nSPS) is 11.7. The van der Waals surface area contributed by atoms with Gasteiger partial charge in [0.25, 0.3) is 5.91 Å². The number of hydrogen-bond donors (Lipinski definition) is 2. The predicted octanol–water partition coefficient (Wildman–Crippen LogP) is 6.25. The number of hydrazone groups is 1. The summed E-state index contributed by atoms with van der Waals surface area (Å²) in [5.74, 6) is 0.569. The summed E-state index contributed by atoms with van der Waals surface area (Å²) in [6, 6.07) is 21.4. The Labute approximate surface area is 229 Å². The second kappa shape index (κ2) is 11.3. The van der Waals surface area contributed by atoms with Gasteiger partial charge in [0.15, 0.2) is 11.0 Å². The fourth-order valence-corrected chi connectivity index (χ4v) is 4.68. The number of hydrogen-bond acceptors (Lipinski definition) is 6. The molecule has 0 aliphatic rings. The second-order valence-electron chi connectivity index (χ2n) is 9.59. The van der Waals surface area contributed by atoms with Crippen molar-refractivity contribution in [1.82, 2.24) is 20.2 Å². The van der Waals surface area contributed by atoms with Crippen molar-refractivity contribution in [1.29, 1.82) is 0 Å². The quantitative estimate of drug-likeness (QED) is 0.154. The van der Waals surface area contributed by atoms with E-state index in [9.17, 15) is 9.90 Å². The smallest absolute Gasteiger partial charge is 0.250 e. The molecule has 7 nitrogen and oxygen atoms in total. The van der Waals surface area contributed by atoms with Crippen LogP contribution in [0.1, 0.15) is 37.5 Å². The van der Waals surface area contributed by atoms with Gasteiger partial charge in [0.2, 0.25) is 0 Å². The monoisotopic (exact) mass is 577 g/mol. The number of nitrogens with one attached hydrogen (secondary N) is 1. The van der Waals surface area contributed by atoms with Gasteiger partial charge in [0, 0.05) is 21.3 Å². The lowest BCUT2D eigenvalue weighted by Gasteiger charge is -2.19. The summed E-state index contributed by atoms with van der Waals surface area (Å²) < 4.78 is 2.76. The molecule has 1 amide bonds. The molecule has 3 aromatic carbocycles. The largest absolute Gasteiger partial charge is 0.507 e. The molecule has 0 aliphatic carbocycles. The van der Waals surface area contributed by atoms with Crippen molar-refractivity contribution in [2.45, 2.75) is 38.3 Å². The lowest BCUT2D eigenvalue weighted by molar-refractivity contribution is -0.118. The third kappa shape index (κ3) is 6.67. The van der Waals surface area contributed by atoms with Gasteiger partial charge < -0.3 is 5.11 Å². The summed E-state index contributed by atoms with van der Waals surface area (Å²) in [6.07, 6.45) is 1.40. The van der Waals surface area contributed by atoms with Crippen molar-refractivity contribution in [2.24, 2.45) is 5.10 Å².